The van der Waals surface area contributed by atoms with E-state index in [1.165, 1.54) is 0 Å². The maximum Gasteiger partial charge on any atom is 0.166 e. The number of halogens is 1. The first-order valence-electron chi connectivity index (χ1n) is 11.5. The summed E-state index contributed by atoms with van der Waals surface area (Å²) < 4.78 is 16.6. The lowest BCUT2D eigenvalue weighted by Gasteiger charge is -2.36. The number of methoxy groups -OCH3 is 2. The number of benzene rings is 2. The van der Waals surface area contributed by atoms with Gasteiger partial charge in [-0.05, 0) is 68.1 Å². The maximum absolute atomic E-state index is 13.0. The number of hydrogen-bond acceptors (Lipinski definition) is 6. The number of ketones is 1. The summed E-state index contributed by atoms with van der Waals surface area (Å²) >= 11 is 6.63. The van der Waals surface area contributed by atoms with Gasteiger partial charge in [0.25, 0.3) is 0 Å². The molecule has 1 aliphatic rings. The van der Waals surface area contributed by atoms with E-state index in [9.17, 15) is 4.79 Å². The van der Waals surface area contributed by atoms with Crippen LogP contribution < -0.4 is 19.9 Å². The number of para-hydroxylation sites is 1. The van der Waals surface area contributed by atoms with E-state index in [0.717, 1.165) is 37.4 Å². The number of alkyl halides is 1. The van der Waals surface area contributed by atoms with Crippen LogP contribution in [0.3, 0.4) is 0 Å². The largest absolute Gasteiger partial charge is 0.497 e. The third kappa shape index (κ3) is 7.10. The number of nitrogens with two attached hydrogens (primary N) is 1. The molecule has 2 aromatic rings. The smallest absolute Gasteiger partial charge is 0.166 e. The van der Waals surface area contributed by atoms with Gasteiger partial charge in [-0.15, -0.1) is 11.6 Å². The van der Waals surface area contributed by atoms with E-state index in [1.54, 1.807) is 26.4 Å². The van der Waals surface area contributed by atoms with E-state index < -0.39 is 0 Å². The fourth-order valence-electron chi connectivity index (χ4n) is 4.05. The van der Waals surface area contributed by atoms with Crippen LogP contribution >= 0.6 is 11.6 Å². The highest BCUT2D eigenvalue weighted by Crippen LogP contribution is 2.27. The number of Topliss-reactive ketones (excluding diaryl/α,β-unsaturated/α-hetero) is 1. The number of ether oxygens (including phenoxy) is 3. The lowest BCUT2D eigenvalue weighted by molar-refractivity contribution is 0.0966. The molecule has 0 spiro atoms. The first kappa shape index (κ1) is 25.3. The van der Waals surface area contributed by atoms with Crippen LogP contribution in [0.15, 0.2) is 42.5 Å². The minimum absolute atomic E-state index is 0.000376. The van der Waals surface area contributed by atoms with Gasteiger partial charge in [0, 0.05) is 18.5 Å². The predicted octanol–water partition coefficient (Wildman–Crippen LogP) is 4.87. The van der Waals surface area contributed by atoms with Crippen molar-refractivity contribution < 1.29 is 19.0 Å². The molecule has 1 saturated heterocycles. The van der Waals surface area contributed by atoms with Crippen molar-refractivity contribution >= 4 is 17.4 Å². The van der Waals surface area contributed by atoms with Gasteiger partial charge in [-0.25, -0.2) is 0 Å². The van der Waals surface area contributed by atoms with Gasteiger partial charge in [-0.3, -0.25) is 9.69 Å². The zero-order valence-corrected chi connectivity index (χ0v) is 20.5. The molecule has 0 amide bonds. The zero-order valence-electron chi connectivity index (χ0n) is 19.8. The number of carbonyl (C=O) groups is 1. The molecule has 3 rings (SSSR count). The predicted molar refractivity (Wildman–Crippen MR) is 131 cm³/mol. The Bertz CT molecular complexity index is 893. The van der Waals surface area contributed by atoms with Crippen molar-refractivity contribution in [3.8, 4) is 17.2 Å². The molecule has 1 aliphatic heterocycles. The van der Waals surface area contributed by atoms with E-state index in [4.69, 9.17) is 31.5 Å². The molecule has 180 valence electrons. The van der Waals surface area contributed by atoms with Gasteiger partial charge in [-0.2, -0.15) is 0 Å². The topological polar surface area (TPSA) is 74.0 Å². The number of piperidine rings is 1. The summed E-state index contributed by atoms with van der Waals surface area (Å²) in [6.45, 7) is 4.48. The van der Waals surface area contributed by atoms with Crippen molar-refractivity contribution in [1.29, 1.82) is 0 Å². The summed E-state index contributed by atoms with van der Waals surface area (Å²) in [7, 11) is 3.21. The van der Waals surface area contributed by atoms with Crippen molar-refractivity contribution in [3.63, 3.8) is 0 Å². The molecule has 1 heterocycles. The Morgan fingerprint density at radius 1 is 1.12 bits per heavy atom. The second-order valence-electron chi connectivity index (χ2n) is 8.72. The Morgan fingerprint density at radius 2 is 1.76 bits per heavy atom. The standard InChI is InChI=1S/C26H35ClN2O4/c1-18-10-12-29(13-11-18)26(27)23(28)8-9-24(30)22-6-4-5-7-25(22)33-17-19-14-20(31-2)16-21(15-19)32-3/h4-7,14-16,18,23,26H,8-13,17,28H2,1-3H3. The fourth-order valence-corrected chi connectivity index (χ4v) is 4.37. The molecule has 2 N–H and O–H groups in total. The maximum atomic E-state index is 13.0. The molecule has 0 bridgehead atoms. The fraction of sp³-hybridized carbons (Fsp3) is 0.500. The second-order valence-corrected chi connectivity index (χ2v) is 9.17. The highest BCUT2D eigenvalue weighted by Gasteiger charge is 2.27. The van der Waals surface area contributed by atoms with Crippen molar-refractivity contribution in [3.05, 3.63) is 53.6 Å². The summed E-state index contributed by atoms with van der Waals surface area (Å²) in [6, 6.07) is 12.6. The number of hydrogen-bond donors (Lipinski definition) is 1. The van der Waals surface area contributed by atoms with Gasteiger partial charge in [0.1, 0.15) is 29.4 Å². The van der Waals surface area contributed by atoms with Crippen molar-refractivity contribution in [1.82, 2.24) is 4.90 Å². The first-order chi connectivity index (χ1) is 15.9. The second kappa shape index (κ2) is 12.3. The lowest BCUT2D eigenvalue weighted by atomic mass is 9.98. The summed E-state index contributed by atoms with van der Waals surface area (Å²) in [5.41, 5.74) is 7.54. The molecular weight excluding hydrogens is 440 g/mol. The number of carbonyl (C=O) groups excluding carboxylic acids is 1. The van der Waals surface area contributed by atoms with Crippen molar-refractivity contribution in [2.24, 2.45) is 11.7 Å². The van der Waals surface area contributed by atoms with E-state index in [1.807, 2.05) is 30.3 Å². The molecule has 0 radical (unpaired) electrons. The van der Waals surface area contributed by atoms with E-state index in [-0.39, 0.29) is 23.9 Å². The van der Waals surface area contributed by atoms with Crippen LogP contribution in [0.4, 0.5) is 0 Å². The minimum Gasteiger partial charge on any atom is -0.497 e. The van der Waals surface area contributed by atoms with Gasteiger partial charge in [0.2, 0.25) is 0 Å². The highest BCUT2D eigenvalue weighted by molar-refractivity contribution is 6.20. The van der Waals surface area contributed by atoms with E-state index in [0.29, 0.717) is 35.7 Å². The Morgan fingerprint density at radius 3 is 2.39 bits per heavy atom. The van der Waals surface area contributed by atoms with Crippen molar-refractivity contribution in [2.75, 3.05) is 27.3 Å². The SMILES string of the molecule is COc1cc(COc2ccccc2C(=O)CCC(N)C(Cl)N2CCC(C)CC2)cc(OC)c1. The lowest BCUT2D eigenvalue weighted by Crippen LogP contribution is -2.47. The number of rotatable bonds is 11. The number of nitrogens with zero attached hydrogens (tertiary/aromatic N) is 1. The van der Waals surface area contributed by atoms with Gasteiger partial charge in [0.05, 0.1) is 19.8 Å². The molecular formula is C26H35ClN2O4. The molecule has 0 aromatic heterocycles. The van der Waals surface area contributed by atoms with Crippen LogP contribution in [0.5, 0.6) is 17.2 Å². The molecule has 1 fully saturated rings. The molecule has 2 atom stereocenters. The van der Waals surface area contributed by atoms with Crippen LogP contribution in [0.1, 0.15) is 48.5 Å². The Balaban J connectivity index is 1.58. The van der Waals surface area contributed by atoms with Gasteiger partial charge < -0.3 is 19.9 Å². The average Bonchev–Trinajstić information content (AvgIpc) is 2.85. The van der Waals surface area contributed by atoms with Crippen LogP contribution in [0, 0.1) is 5.92 Å². The molecule has 0 aliphatic carbocycles. The van der Waals surface area contributed by atoms with E-state index in [2.05, 4.69) is 11.8 Å². The molecule has 2 aromatic carbocycles. The Hall–Kier alpha value is -2.28. The summed E-state index contributed by atoms with van der Waals surface area (Å²) in [6.07, 6.45) is 3.12. The normalized spacial score (nSPS) is 16.8. The summed E-state index contributed by atoms with van der Waals surface area (Å²) in [5, 5.41) is 0. The van der Waals surface area contributed by atoms with Gasteiger partial charge >= 0.3 is 0 Å². The third-order valence-electron chi connectivity index (χ3n) is 6.22. The Kier molecular flexibility index (Phi) is 9.41. The van der Waals surface area contributed by atoms with Crippen LogP contribution in [-0.2, 0) is 6.61 Å². The van der Waals surface area contributed by atoms with Crippen LogP contribution in [0.25, 0.3) is 0 Å². The summed E-state index contributed by atoms with van der Waals surface area (Å²) in [5.74, 6) is 2.65. The number of likely N-dealkylation sites (tertiary alicyclic amines) is 1. The Labute approximate surface area is 201 Å². The minimum atomic E-state index is -0.263. The molecule has 33 heavy (non-hydrogen) atoms. The first-order valence-corrected chi connectivity index (χ1v) is 12.0. The van der Waals surface area contributed by atoms with E-state index >= 15 is 0 Å². The van der Waals surface area contributed by atoms with Gasteiger partial charge in [-0.1, -0.05) is 19.1 Å². The van der Waals surface area contributed by atoms with Crippen molar-refractivity contribution in [2.45, 2.75) is 50.8 Å². The third-order valence-corrected chi connectivity index (χ3v) is 6.82. The molecule has 2 unspecified atom stereocenters. The monoisotopic (exact) mass is 474 g/mol. The average molecular weight is 475 g/mol. The highest BCUT2D eigenvalue weighted by atomic mass is 35.5. The molecule has 6 nitrogen and oxygen atoms in total. The quantitative estimate of drug-likeness (QED) is 0.284. The summed E-state index contributed by atoms with van der Waals surface area (Å²) in [4.78, 5) is 15.2. The molecule has 0 saturated carbocycles. The molecule has 7 heteroatoms. The van der Waals surface area contributed by atoms with Crippen LogP contribution in [-0.4, -0.2) is 49.5 Å². The zero-order chi connectivity index (χ0) is 23.8. The van der Waals surface area contributed by atoms with Gasteiger partial charge in [0.15, 0.2) is 5.78 Å². The van der Waals surface area contributed by atoms with Crippen LogP contribution in [0.2, 0.25) is 0 Å².